The van der Waals surface area contributed by atoms with E-state index in [9.17, 15) is 4.39 Å². The number of nitrogens with zero attached hydrogens (tertiary/aromatic N) is 1. The van der Waals surface area contributed by atoms with Crippen molar-refractivity contribution < 1.29 is 9.13 Å². The summed E-state index contributed by atoms with van der Waals surface area (Å²) in [5.74, 6) is 1.30. The van der Waals surface area contributed by atoms with Gasteiger partial charge in [0.15, 0.2) is 5.96 Å². The maximum Gasteiger partial charge on any atom is 0.191 e. The average molecular weight is 443 g/mol. The molecule has 0 saturated carbocycles. The fourth-order valence-electron chi connectivity index (χ4n) is 1.98. The van der Waals surface area contributed by atoms with E-state index in [1.807, 2.05) is 31.2 Å². The average Bonchev–Trinajstić information content (AvgIpc) is 2.57. The maximum atomic E-state index is 12.8. The minimum atomic E-state index is -0.232. The number of hydrogen-bond acceptors (Lipinski definition) is 2. The Balaban J connectivity index is 0.00000288. The first-order valence-electron chi connectivity index (χ1n) is 7.56. The lowest BCUT2D eigenvalue weighted by molar-refractivity contribution is 0.322. The molecule has 2 rings (SSSR count). The van der Waals surface area contributed by atoms with Crippen molar-refractivity contribution in [1.82, 2.24) is 10.6 Å². The van der Waals surface area contributed by atoms with E-state index < -0.39 is 0 Å². The maximum absolute atomic E-state index is 12.8. The van der Waals surface area contributed by atoms with Gasteiger partial charge in [0, 0.05) is 13.6 Å². The molecule has 0 unspecified atom stereocenters. The number of rotatable bonds is 6. The van der Waals surface area contributed by atoms with Crippen molar-refractivity contribution >= 4 is 29.9 Å². The van der Waals surface area contributed by atoms with E-state index in [0.29, 0.717) is 25.7 Å². The Morgan fingerprint density at radius 3 is 2.33 bits per heavy atom. The zero-order valence-corrected chi connectivity index (χ0v) is 16.2. The highest BCUT2D eigenvalue weighted by atomic mass is 127. The Bertz CT molecular complexity index is 630. The molecule has 2 aromatic carbocycles. The lowest BCUT2D eigenvalue weighted by Gasteiger charge is -2.12. The van der Waals surface area contributed by atoms with Gasteiger partial charge in [-0.15, -0.1) is 24.0 Å². The van der Waals surface area contributed by atoms with Crippen LogP contribution in [-0.4, -0.2) is 26.2 Å². The monoisotopic (exact) mass is 443 g/mol. The number of ether oxygens (including phenoxy) is 1. The lowest BCUT2D eigenvalue weighted by Crippen LogP contribution is -2.38. The number of aliphatic imine (C=N–C) groups is 1. The third-order valence-electron chi connectivity index (χ3n) is 3.28. The molecule has 0 aliphatic carbocycles. The van der Waals surface area contributed by atoms with Crippen LogP contribution in [0.25, 0.3) is 0 Å². The summed E-state index contributed by atoms with van der Waals surface area (Å²) in [6, 6.07) is 14.3. The normalized spacial score (nSPS) is 10.7. The molecule has 0 radical (unpaired) electrons. The number of aryl methyl sites for hydroxylation is 1. The molecule has 0 aliphatic rings. The highest BCUT2D eigenvalue weighted by Gasteiger charge is 1.99. The number of benzene rings is 2. The van der Waals surface area contributed by atoms with Crippen molar-refractivity contribution in [3.8, 4) is 5.75 Å². The van der Waals surface area contributed by atoms with E-state index in [0.717, 1.165) is 11.3 Å². The van der Waals surface area contributed by atoms with Gasteiger partial charge < -0.3 is 15.4 Å². The first kappa shape index (κ1) is 20.2. The van der Waals surface area contributed by atoms with Crippen LogP contribution in [0.1, 0.15) is 11.1 Å². The van der Waals surface area contributed by atoms with Crippen LogP contribution < -0.4 is 15.4 Å². The van der Waals surface area contributed by atoms with Gasteiger partial charge in [0.25, 0.3) is 0 Å². The Labute approximate surface area is 159 Å². The van der Waals surface area contributed by atoms with E-state index in [-0.39, 0.29) is 29.8 Å². The number of nitrogens with one attached hydrogen (secondary N) is 2. The second-order valence-corrected chi connectivity index (χ2v) is 5.14. The summed E-state index contributed by atoms with van der Waals surface area (Å²) >= 11 is 0. The lowest BCUT2D eigenvalue weighted by atomic mass is 10.2. The summed E-state index contributed by atoms with van der Waals surface area (Å²) in [6.07, 6.45) is 0. The fraction of sp³-hybridized carbons (Fsp3) is 0.278. The zero-order chi connectivity index (χ0) is 16.5. The minimum absolute atomic E-state index is 0. The Morgan fingerprint density at radius 2 is 1.71 bits per heavy atom. The van der Waals surface area contributed by atoms with Crippen LogP contribution in [0, 0.1) is 12.7 Å². The number of guanidine groups is 1. The third-order valence-corrected chi connectivity index (χ3v) is 3.28. The Kier molecular flexibility index (Phi) is 9.14. The summed E-state index contributed by atoms with van der Waals surface area (Å²) in [5.41, 5.74) is 2.20. The summed E-state index contributed by atoms with van der Waals surface area (Å²) in [6.45, 7) is 3.80. The van der Waals surface area contributed by atoms with E-state index in [2.05, 4.69) is 15.6 Å². The van der Waals surface area contributed by atoms with Crippen LogP contribution in [0.2, 0.25) is 0 Å². The smallest absolute Gasteiger partial charge is 0.191 e. The summed E-state index contributed by atoms with van der Waals surface area (Å²) in [4.78, 5) is 4.14. The van der Waals surface area contributed by atoms with Gasteiger partial charge in [-0.25, -0.2) is 4.39 Å². The van der Waals surface area contributed by atoms with E-state index >= 15 is 0 Å². The molecule has 130 valence electrons. The van der Waals surface area contributed by atoms with Gasteiger partial charge >= 0.3 is 0 Å². The van der Waals surface area contributed by atoms with Gasteiger partial charge in [0.1, 0.15) is 18.2 Å². The molecule has 0 fully saturated rings. The quantitative estimate of drug-likeness (QED) is 0.311. The highest BCUT2D eigenvalue weighted by Crippen LogP contribution is 2.10. The Morgan fingerprint density at radius 1 is 1.04 bits per heavy atom. The largest absolute Gasteiger partial charge is 0.492 e. The predicted molar refractivity (Wildman–Crippen MR) is 107 cm³/mol. The van der Waals surface area contributed by atoms with Crippen molar-refractivity contribution in [3.05, 3.63) is 65.5 Å². The van der Waals surface area contributed by atoms with Crippen LogP contribution in [0.4, 0.5) is 4.39 Å². The van der Waals surface area contributed by atoms with Crippen LogP contribution in [-0.2, 0) is 6.54 Å². The summed E-state index contributed by atoms with van der Waals surface area (Å²) < 4.78 is 18.5. The standard InChI is InChI=1S/C18H22FN3O.HI/c1-14-3-9-17(10-4-14)23-12-11-21-18(20-2)22-13-15-5-7-16(19)8-6-15;/h3-10H,11-13H2,1-2H3,(H2,20,21,22);1H. The zero-order valence-electron chi connectivity index (χ0n) is 13.9. The molecule has 4 nitrogen and oxygen atoms in total. The Hall–Kier alpha value is -1.83. The van der Waals surface area contributed by atoms with Gasteiger partial charge in [-0.3, -0.25) is 4.99 Å². The van der Waals surface area contributed by atoms with Crippen molar-refractivity contribution in [2.45, 2.75) is 13.5 Å². The minimum Gasteiger partial charge on any atom is -0.492 e. The number of halogens is 2. The molecule has 24 heavy (non-hydrogen) atoms. The van der Waals surface area contributed by atoms with Crippen LogP contribution in [0.5, 0.6) is 5.75 Å². The molecule has 0 amide bonds. The van der Waals surface area contributed by atoms with Gasteiger partial charge in [0.2, 0.25) is 0 Å². The van der Waals surface area contributed by atoms with E-state index in [4.69, 9.17) is 4.74 Å². The fourth-order valence-corrected chi connectivity index (χ4v) is 1.98. The molecule has 0 heterocycles. The molecule has 0 aromatic heterocycles. The number of hydrogen-bond donors (Lipinski definition) is 2. The molecule has 0 saturated heterocycles. The second kappa shape index (κ2) is 10.9. The second-order valence-electron chi connectivity index (χ2n) is 5.14. The van der Waals surface area contributed by atoms with Crippen molar-refractivity contribution in [2.75, 3.05) is 20.2 Å². The van der Waals surface area contributed by atoms with Crippen molar-refractivity contribution in [1.29, 1.82) is 0 Å². The van der Waals surface area contributed by atoms with Crippen molar-refractivity contribution in [2.24, 2.45) is 4.99 Å². The molecule has 2 aromatic rings. The van der Waals surface area contributed by atoms with E-state index in [1.165, 1.54) is 17.7 Å². The summed E-state index contributed by atoms with van der Waals surface area (Å²) in [7, 11) is 1.71. The van der Waals surface area contributed by atoms with Crippen molar-refractivity contribution in [3.63, 3.8) is 0 Å². The molecule has 0 aliphatic heterocycles. The van der Waals surface area contributed by atoms with Gasteiger partial charge in [0.05, 0.1) is 6.54 Å². The molecular formula is C18H23FIN3O. The van der Waals surface area contributed by atoms with Gasteiger partial charge in [-0.1, -0.05) is 29.8 Å². The van der Waals surface area contributed by atoms with Crippen LogP contribution >= 0.6 is 24.0 Å². The molecule has 0 bridgehead atoms. The van der Waals surface area contributed by atoms with Gasteiger partial charge in [-0.2, -0.15) is 0 Å². The molecule has 2 N–H and O–H groups in total. The van der Waals surface area contributed by atoms with Crippen LogP contribution in [0.15, 0.2) is 53.5 Å². The van der Waals surface area contributed by atoms with Crippen LogP contribution in [0.3, 0.4) is 0 Å². The topological polar surface area (TPSA) is 45.7 Å². The molecule has 6 heteroatoms. The van der Waals surface area contributed by atoms with E-state index in [1.54, 1.807) is 19.2 Å². The molecular weight excluding hydrogens is 420 g/mol. The summed E-state index contributed by atoms with van der Waals surface area (Å²) in [5, 5.41) is 6.34. The molecule has 0 spiro atoms. The third kappa shape index (κ3) is 7.16. The first-order valence-corrected chi connectivity index (χ1v) is 7.56. The molecule has 0 atom stereocenters. The highest BCUT2D eigenvalue weighted by molar-refractivity contribution is 14.0. The predicted octanol–water partition coefficient (Wildman–Crippen LogP) is 3.50. The van der Waals surface area contributed by atoms with Gasteiger partial charge in [-0.05, 0) is 36.8 Å². The first-order chi connectivity index (χ1) is 11.2. The SMILES string of the molecule is CN=C(NCCOc1ccc(C)cc1)NCc1ccc(F)cc1.I.